The molecule has 1 aliphatic carbocycles. The third kappa shape index (κ3) is 1.89. The van der Waals surface area contributed by atoms with Crippen LogP contribution in [0.1, 0.15) is 32.6 Å². The fourth-order valence-corrected chi connectivity index (χ4v) is 2.64. The molecule has 0 aromatic rings. The maximum atomic E-state index is 2.39. The second kappa shape index (κ2) is 3.50. The smallest absolute Gasteiger partial charge is 0.00699 e. The van der Waals surface area contributed by atoms with Crippen molar-refractivity contribution in [3.05, 3.63) is 0 Å². The van der Waals surface area contributed by atoms with Crippen LogP contribution in [0, 0.1) is 5.92 Å². The highest BCUT2D eigenvalue weighted by Crippen LogP contribution is 2.31. The van der Waals surface area contributed by atoms with E-state index in [0.29, 0.717) is 0 Å². The third-order valence-corrected chi connectivity index (χ3v) is 3.64. The van der Waals surface area contributed by atoms with Gasteiger partial charge in [-0.1, -0.05) is 19.8 Å². The van der Waals surface area contributed by atoms with E-state index in [-0.39, 0.29) is 0 Å². The van der Waals surface area contributed by atoms with Crippen LogP contribution in [-0.2, 0) is 0 Å². The fourth-order valence-electron chi connectivity index (χ4n) is 1.63. The number of rotatable bonds is 1. The fraction of sp³-hybridized carbons (Fsp3) is 1.00. The van der Waals surface area contributed by atoms with Crippen molar-refractivity contribution in [2.24, 2.45) is 5.92 Å². The second-order valence-corrected chi connectivity index (χ2v) is 4.11. The lowest BCUT2D eigenvalue weighted by molar-refractivity contribution is 0.398. The molecule has 2 atom stereocenters. The summed E-state index contributed by atoms with van der Waals surface area (Å²) in [5.74, 6) is 0.980. The molecule has 0 aromatic heterocycles. The van der Waals surface area contributed by atoms with Crippen LogP contribution in [0.3, 0.4) is 0 Å². The van der Waals surface area contributed by atoms with Crippen LogP contribution in [-0.4, -0.2) is 11.5 Å². The zero-order valence-corrected chi connectivity index (χ0v) is 7.21. The Morgan fingerprint density at radius 3 is 2.33 bits per heavy atom. The zero-order valence-electron chi connectivity index (χ0n) is 6.39. The van der Waals surface area contributed by atoms with Crippen LogP contribution in [0.4, 0.5) is 0 Å². The predicted octanol–water partition coefficient (Wildman–Crippen LogP) is 2.93. The van der Waals surface area contributed by atoms with Gasteiger partial charge in [-0.25, -0.2) is 0 Å². The Balaban J connectivity index is 2.30. The highest BCUT2D eigenvalue weighted by Gasteiger charge is 2.19. The zero-order chi connectivity index (χ0) is 6.69. The van der Waals surface area contributed by atoms with Gasteiger partial charge in [-0.15, -0.1) is 0 Å². The summed E-state index contributed by atoms with van der Waals surface area (Å²) < 4.78 is 0. The van der Waals surface area contributed by atoms with Crippen LogP contribution in [0.5, 0.6) is 0 Å². The van der Waals surface area contributed by atoms with Crippen molar-refractivity contribution < 1.29 is 0 Å². The lowest BCUT2D eigenvalue weighted by atomic mass is 9.90. The van der Waals surface area contributed by atoms with Crippen LogP contribution < -0.4 is 0 Å². The first kappa shape index (κ1) is 7.46. The highest BCUT2D eigenvalue weighted by atomic mass is 32.2. The lowest BCUT2D eigenvalue weighted by Crippen LogP contribution is -2.18. The molecule has 0 radical (unpaired) electrons. The predicted molar refractivity (Wildman–Crippen MR) is 44.9 cm³/mol. The number of hydrogen-bond acceptors (Lipinski definition) is 1. The van der Waals surface area contributed by atoms with Gasteiger partial charge >= 0.3 is 0 Å². The van der Waals surface area contributed by atoms with Gasteiger partial charge < -0.3 is 0 Å². The molecule has 2 unspecified atom stereocenters. The summed E-state index contributed by atoms with van der Waals surface area (Å²) >= 11 is 2.05. The van der Waals surface area contributed by atoms with E-state index in [4.69, 9.17) is 0 Å². The lowest BCUT2D eigenvalue weighted by Gasteiger charge is -2.26. The van der Waals surface area contributed by atoms with E-state index in [9.17, 15) is 0 Å². The maximum absolute atomic E-state index is 2.39. The normalized spacial score (nSPS) is 36.7. The van der Waals surface area contributed by atoms with Crippen LogP contribution in [0.15, 0.2) is 0 Å². The first-order valence-corrected chi connectivity index (χ1v) is 5.16. The Kier molecular flexibility index (Phi) is 2.90. The van der Waals surface area contributed by atoms with Gasteiger partial charge in [-0.2, -0.15) is 11.8 Å². The molecule has 0 bridgehead atoms. The van der Waals surface area contributed by atoms with Crippen molar-refractivity contribution in [2.45, 2.75) is 37.9 Å². The van der Waals surface area contributed by atoms with Gasteiger partial charge in [0.2, 0.25) is 0 Å². The Morgan fingerprint density at radius 2 is 1.89 bits per heavy atom. The quantitative estimate of drug-likeness (QED) is 0.545. The Hall–Kier alpha value is 0.350. The standard InChI is InChI=1S/C8H16S/c1-7-5-3-4-6-8(7)9-2/h7-8H,3-6H2,1-2H3. The summed E-state index contributed by atoms with van der Waals surface area (Å²) in [5.41, 5.74) is 0. The van der Waals surface area contributed by atoms with E-state index in [1.54, 1.807) is 0 Å². The second-order valence-electron chi connectivity index (χ2n) is 3.04. The molecule has 0 heterocycles. The Morgan fingerprint density at radius 1 is 1.22 bits per heavy atom. The van der Waals surface area contributed by atoms with Gasteiger partial charge in [-0.05, 0) is 25.0 Å². The van der Waals surface area contributed by atoms with Gasteiger partial charge in [0.1, 0.15) is 0 Å². The van der Waals surface area contributed by atoms with Crippen molar-refractivity contribution in [1.82, 2.24) is 0 Å². The molecule has 1 aliphatic rings. The molecular weight excluding hydrogens is 128 g/mol. The van der Waals surface area contributed by atoms with Crippen molar-refractivity contribution >= 4 is 11.8 Å². The van der Waals surface area contributed by atoms with Crippen molar-refractivity contribution in [2.75, 3.05) is 6.26 Å². The molecule has 1 saturated carbocycles. The van der Waals surface area contributed by atoms with Gasteiger partial charge in [0, 0.05) is 5.25 Å². The minimum absolute atomic E-state index is 0.971. The molecule has 0 spiro atoms. The van der Waals surface area contributed by atoms with Crippen LogP contribution in [0.25, 0.3) is 0 Å². The molecule has 0 amide bonds. The summed E-state index contributed by atoms with van der Waals surface area (Å²) in [6, 6.07) is 0. The molecule has 9 heavy (non-hydrogen) atoms. The van der Waals surface area contributed by atoms with E-state index < -0.39 is 0 Å². The maximum Gasteiger partial charge on any atom is 0.00699 e. The topological polar surface area (TPSA) is 0 Å². The summed E-state index contributed by atoms with van der Waals surface area (Å²) in [7, 11) is 0. The molecular formula is C8H16S. The molecule has 0 aromatic carbocycles. The summed E-state index contributed by atoms with van der Waals surface area (Å²) in [5, 5.41) is 0.971. The van der Waals surface area contributed by atoms with Gasteiger partial charge in [-0.3, -0.25) is 0 Å². The van der Waals surface area contributed by atoms with E-state index in [2.05, 4.69) is 24.9 Å². The number of thioether (sulfide) groups is 1. The van der Waals surface area contributed by atoms with E-state index in [1.807, 2.05) is 0 Å². The first-order valence-electron chi connectivity index (χ1n) is 3.87. The molecule has 0 nitrogen and oxygen atoms in total. The summed E-state index contributed by atoms with van der Waals surface area (Å²) in [4.78, 5) is 0. The Labute approximate surface area is 62.4 Å². The van der Waals surface area contributed by atoms with Crippen molar-refractivity contribution in [1.29, 1.82) is 0 Å². The molecule has 0 saturated heterocycles. The van der Waals surface area contributed by atoms with Gasteiger partial charge in [0.25, 0.3) is 0 Å². The van der Waals surface area contributed by atoms with E-state index >= 15 is 0 Å². The number of hydrogen-bond donors (Lipinski definition) is 0. The SMILES string of the molecule is CSC1CCCCC1C. The molecule has 0 N–H and O–H groups in total. The minimum Gasteiger partial charge on any atom is -0.162 e. The largest absolute Gasteiger partial charge is 0.162 e. The van der Waals surface area contributed by atoms with Crippen molar-refractivity contribution in [3.8, 4) is 0 Å². The minimum atomic E-state index is 0.971. The van der Waals surface area contributed by atoms with Gasteiger partial charge in [0.05, 0.1) is 0 Å². The first-order chi connectivity index (χ1) is 4.34. The third-order valence-electron chi connectivity index (χ3n) is 2.34. The molecule has 1 heteroatoms. The molecule has 1 fully saturated rings. The van der Waals surface area contributed by atoms with Crippen LogP contribution >= 0.6 is 11.8 Å². The van der Waals surface area contributed by atoms with E-state index in [0.717, 1.165) is 11.2 Å². The average molecular weight is 144 g/mol. The summed E-state index contributed by atoms with van der Waals surface area (Å²) in [6.45, 7) is 2.39. The average Bonchev–Trinajstić information content (AvgIpc) is 1.89. The van der Waals surface area contributed by atoms with E-state index in [1.165, 1.54) is 25.7 Å². The Bertz CT molecular complexity index is 80.6. The highest BCUT2D eigenvalue weighted by molar-refractivity contribution is 7.99. The van der Waals surface area contributed by atoms with Crippen molar-refractivity contribution in [3.63, 3.8) is 0 Å². The molecule has 1 rings (SSSR count). The van der Waals surface area contributed by atoms with Gasteiger partial charge in [0.15, 0.2) is 0 Å². The molecule has 0 aliphatic heterocycles. The van der Waals surface area contributed by atoms with Crippen LogP contribution in [0.2, 0.25) is 0 Å². The molecule has 54 valence electrons. The summed E-state index contributed by atoms with van der Waals surface area (Å²) in [6.07, 6.45) is 8.11. The monoisotopic (exact) mass is 144 g/mol.